The fraction of sp³-hybridized carbons (Fsp3) is 0.346. The van der Waals surface area contributed by atoms with Crippen LogP contribution in [0.4, 0.5) is 11.4 Å². The topological polar surface area (TPSA) is 69.7 Å². The highest BCUT2D eigenvalue weighted by Gasteiger charge is 2.32. The van der Waals surface area contributed by atoms with E-state index in [2.05, 4.69) is 16.3 Å². The van der Waals surface area contributed by atoms with E-state index in [1.165, 1.54) is 17.1 Å². The van der Waals surface area contributed by atoms with Gasteiger partial charge in [-0.1, -0.05) is 42.5 Å². The van der Waals surface area contributed by atoms with Gasteiger partial charge in [-0.05, 0) is 60.7 Å². The van der Waals surface area contributed by atoms with Crippen molar-refractivity contribution in [3.8, 4) is 0 Å². The number of sulfonamides is 1. The third-order valence-corrected chi connectivity index (χ3v) is 8.69. The van der Waals surface area contributed by atoms with Crippen LogP contribution in [-0.2, 0) is 14.8 Å². The van der Waals surface area contributed by atoms with Gasteiger partial charge in [0.05, 0.1) is 16.3 Å². The minimum atomic E-state index is -3.58. The first-order valence-corrected chi connectivity index (χ1v) is 13.1. The summed E-state index contributed by atoms with van der Waals surface area (Å²) in [6, 6.07) is 20.9. The number of anilines is 2. The molecule has 0 bridgehead atoms. The van der Waals surface area contributed by atoms with Gasteiger partial charge in [0.2, 0.25) is 15.9 Å². The molecule has 33 heavy (non-hydrogen) atoms. The molecule has 172 valence electrons. The zero-order chi connectivity index (χ0) is 22.8. The summed E-state index contributed by atoms with van der Waals surface area (Å²) in [6.07, 6.45) is 3.38. The number of nitrogens with zero attached hydrogens (tertiary/aromatic N) is 2. The van der Waals surface area contributed by atoms with Gasteiger partial charge in [-0.2, -0.15) is 4.31 Å². The Kier molecular flexibility index (Phi) is 6.08. The highest BCUT2D eigenvalue weighted by Crippen LogP contribution is 2.31. The molecule has 1 amide bonds. The molecule has 0 unspecified atom stereocenters. The minimum absolute atomic E-state index is 0.0237. The van der Waals surface area contributed by atoms with Crippen molar-refractivity contribution in [1.82, 2.24) is 4.31 Å². The van der Waals surface area contributed by atoms with E-state index in [1.807, 2.05) is 48.5 Å². The number of carbonyl (C=O) groups excluding carboxylic acids is 1. The average molecular weight is 464 g/mol. The Morgan fingerprint density at radius 1 is 0.818 bits per heavy atom. The lowest BCUT2D eigenvalue weighted by Gasteiger charge is -2.31. The molecule has 0 atom stereocenters. The van der Waals surface area contributed by atoms with E-state index in [9.17, 15) is 13.2 Å². The van der Waals surface area contributed by atoms with Crippen molar-refractivity contribution in [2.45, 2.75) is 30.6 Å². The van der Waals surface area contributed by atoms with Gasteiger partial charge in [-0.15, -0.1) is 0 Å². The van der Waals surface area contributed by atoms with Crippen LogP contribution in [0.1, 0.15) is 25.7 Å². The quantitative estimate of drug-likeness (QED) is 0.606. The van der Waals surface area contributed by atoms with Crippen LogP contribution in [0.15, 0.2) is 71.6 Å². The molecule has 3 aromatic carbocycles. The molecule has 0 radical (unpaired) electrons. The summed E-state index contributed by atoms with van der Waals surface area (Å²) in [5.41, 5.74) is 1.91. The normalized spacial score (nSPS) is 18.0. The molecule has 0 spiro atoms. The Bertz CT molecular complexity index is 1260. The first-order chi connectivity index (χ1) is 16.0. The lowest BCUT2D eigenvalue weighted by atomic mass is 9.97. The Labute approximate surface area is 195 Å². The maximum Gasteiger partial charge on any atom is 0.243 e. The average Bonchev–Trinajstić information content (AvgIpc) is 3.39. The Hall–Kier alpha value is -2.90. The van der Waals surface area contributed by atoms with Gasteiger partial charge < -0.3 is 10.2 Å². The third kappa shape index (κ3) is 4.48. The van der Waals surface area contributed by atoms with E-state index >= 15 is 0 Å². The summed E-state index contributed by atoms with van der Waals surface area (Å²) in [5.74, 6) is -0.218. The summed E-state index contributed by atoms with van der Waals surface area (Å²) in [6.45, 7) is 2.72. The van der Waals surface area contributed by atoms with Gasteiger partial charge in [0.25, 0.3) is 0 Å². The number of fused-ring (bicyclic) bond motifs is 1. The molecular formula is C26H29N3O3S. The van der Waals surface area contributed by atoms with Crippen LogP contribution in [0.25, 0.3) is 10.8 Å². The second-order valence-corrected chi connectivity index (χ2v) is 10.8. The molecule has 3 aromatic rings. The van der Waals surface area contributed by atoms with Crippen molar-refractivity contribution in [3.05, 3.63) is 66.7 Å². The van der Waals surface area contributed by atoms with Crippen LogP contribution < -0.4 is 10.2 Å². The molecule has 2 fully saturated rings. The third-order valence-electron chi connectivity index (χ3n) is 6.79. The van der Waals surface area contributed by atoms with Gasteiger partial charge in [-0.25, -0.2) is 8.42 Å². The summed E-state index contributed by atoms with van der Waals surface area (Å²) >= 11 is 0. The first kappa shape index (κ1) is 21.9. The van der Waals surface area contributed by atoms with Crippen molar-refractivity contribution in [3.63, 3.8) is 0 Å². The molecule has 0 saturated carbocycles. The molecule has 5 rings (SSSR count). The molecule has 0 aliphatic carbocycles. The standard InChI is InChI=1S/C26H29N3O3S/c30-26(27-24-9-3-4-10-25(24)28-15-5-6-16-28)21-13-17-29(18-14-21)33(31,32)23-12-11-20-7-1-2-8-22(20)19-23/h1-4,7-12,19,21H,5-6,13-18H2,(H,27,30). The first-order valence-electron chi connectivity index (χ1n) is 11.7. The Morgan fingerprint density at radius 3 is 2.24 bits per heavy atom. The second-order valence-electron chi connectivity index (χ2n) is 8.89. The predicted octanol–water partition coefficient (Wildman–Crippen LogP) is 4.48. The molecule has 1 N–H and O–H groups in total. The van der Waals surface area contributed by atoms with Gasteiger partial charge >= 0.3 is 0 Å². The summed E-state index contributed by atoms with van der Waals surface area (Å²) < 4.78 is 27.9. The Balaban J connectivity index is 1.25. The number of carbonyl (C=O) groups is 1. The smallest absolute Gasteiger partial charge is 0.243 e. The number of benzene rings is 3. The number of hydrogen-bond acceptors (Lipinski definition) is 4. The van der Waals surface area contributed by atoms with E-state index in [1.54, 1.807) is 12.1 Å². The number of piperidine rings is 1. The zero-order valence-electron chi connectivity index (χ0n) is 18.6. The zero-order valence-corrected chi connectivity index (χ0v) is 19.4. The van der Waals surface area contributed by atoms with E-state index in [4.69, 9.17) is 0 Å². The molecule has 2 heterocycles. The predicted molar refractivity (Wildman–Crippen MR) is 132 cm³/mol. The number of amides is 1. The monoisotopic (exact) mass is 463 g/mol. The number of para-hydroxylation sites is 2. The fourth-order valence-electron chi connectivity index (χ4n) is 4.88. The molecule has 6 nitrogen and oxygen atoms in total. The summed E-state index contributed by atoms with van der Waals surface area (Å²) in [4.78, 5) is 15.6. The van der Waals surface area contributed by atoms with Crippen molar-refractivity contribution in [1.29, 1.82) is 0 Å². The van der Waals surface area contributed by atoms with E-state index in [0.717, 1.165) is 35.2 Å². The molecule has 0 aromatic heterocycles. The highest BCUT2D eigenvalue weighted by molar-refractivity contribution is 7.89. The van der Waals surface area contributed by atoms with E-state index in [-0.39, 0.29) is 11.8 Å². The van der Waals surface area contributed by atoms with Crippen molar-refractivity contribution in [2.75, 3.05) is 36.4 Å². The summed E-state index contributed by atoms with van der Waals surface area (Å²) in [7, 11) is -3.58. The van der Waals surface area contributed by atoms with Crippen LogP contribution in [0, 0.1) is 5.92 Å². The summed E-state index contributed by atoms with van der Waals surface area (Å²) in [5, 5.41) is 5.04. The minimum Gasteiger partial charge on any atom is -0.370 e. The maximum absolute atomic E-state index is 13.2. The number of hydrogen-bond donors (Lipinski definition) is 1. The van der Waals surface area contributed by atoms with Crippen molar-refractivity contribution in [2.24, 2.45) is 5.92 Å². The molecular weight excluding hydrogens is 434 g/mol. The number of nitrogens with one attached hydrogen (secondary N) is 1. The second kappa shape index (κ2) is 9.15. The van der Waals surface area contributed by atoms with Crippen LogP contribution in [0.2, 0.25) is 0 Å². The van der Waals surface area contributed by atoms with E-state index < -0.39 is 10.0 Å². The highest BCUT2D eigenvalue weighted by atomic mass is 32.2. The van der Waals surface area contributed by atoms with Crippen molar-refractivity contribution >= 4 is 38.1 Å². The number of rotatable bonds is 5. The molecule has 2 saturated heterocycles. The van der Waals surface area contributed by atoms with Crippen LogP contribution >= 0.6 is 0 Å². The molecule has 7 heteroatoms. The maximum atomic E-state index is 13.2. The molecule has 2 aliphatic rings. The SMILES string of the molecule is O=C(Nc1ccccc1N1CCCC1)C1CCN(S(=O)(=O)c2ccc3ccccc3c2)CC1. The Morgan fingerprint density at radius 2 is 1.48 bits per heavy atom. The van der Waals surface area contributed by atoms with Crippen LogP contribution in [0.3, 0.4) is 0 Å². The van der Waals surface area contributed by atoms with Gasteiger partial charge in [0.1, 0.15) is 0 Å². The lowest BCUT2D eigenvalue weighted by molar-refractivity contribution is -0.120. The van der Waals surface area contributed by atoms with Gasteiger partial charge in [0, 0.05) is 32.1 Å². The lowest BCUT2D eigenvalue weighted by Crippen LogP contribution is -2.41. The largest absolute Gasteiger partial charge is 0.370 e. The van der Waals surface area contributed by atoms with Gasteiger partial charge in [-0.3, -0.25) is 4.79 Å². The fourth-order valence-corrected chi connectivity index (χ4v) is 6.39. The van der Waals surface area contributed by atoms with Crippen molar-refractivity contribution < 1.29 is 13.2 Å². The van der Waals surface area contributed by atoms with Crippen LogP contribution in [-0.4, -0.2) is 44.8 Å². The van der Waals surface area contributed by atoms with Gasteiger partial charge in [0.15, 0.2) is 0 Å². The van der Waals surface area contributed by atoms with E-state index in [0.29, 0.717) is 30.8 Å². The van der Waals surface area contributed by atoms with Crippen LogP contribution in [0.5, 0.6) is 0 Å². The molecule has 2 aliphatic heterocycles.